The van der Waals surface area contributed by atoms with Crippen molar-refractivity contribution in [2.24, 2.45) is 0 Å². The zero-order chi connectivity index (χ0) is 7.56. The second kappa shape index (κ2) is 4.24. The molecule has 62 valence electrons. The first kappa shape index (κ1) is 10.3. The summed E-state index contributed by atoms with van der Waals surface area (Å²) >= 11 is 0. The molecule has 0 aromatic heterocycles. The molecule has 0 aliphatic carbocycles. The van der Waals surface area contributed by atoms with Gasteiger partial charge < -0.3 is 5.73 Å². The van der Waals surface area contributed by atoms with Crippen LogP contribution in [0, 0.1) is 6.92 Å². The Kier molecular flexibility index (Phi) is 3.98. The number of hydrogen-bond acceptors (Lipinski definition) is 1. The molecule has 0 bridgehead atoms. The van der Waals surface area contributed by atoms with Crippen LogP contribution in [0.5, 0.6) is 0 Å². The van der Waals surface area contributed by atoms with Crippen LogP contribution < -0.4 is 5.73 Å². The van der Waals surface area contributed by atoms with Crippen molar-refractivity contribution in [2.45, 2.75) is 20.3 Å². The van der Waals surface area contributed by atoms with Gasteiger partial charge in [-0.1, -0.05) is 19.1 Å². The van der Waals surface area contributed by atoms with Crippen LogP contribution in [0.1, 0.15) is 18.1 Å². The second-order valence-electron chi connectivity index (χ2n) is 2.48. The van der Waals surface area contributed by atoms with Crippen molar-refractivity contribution in [3.05, 3.63) is 29.3 Å². The van der Waals surface area contributed by atoms with Crippen molar-refractivity contribution in [3.8, 4) is 0 Å². The minimum Gasteiger partial charge on any atom is -0.399 e. The fraction of sp³-hybridized carbons (Fsp3) is 0.333. The Hall–Kier alpha value is -0.690. The highest BCUT2D eigenvalue weighted by Gasteiger charge is 1.96. The summed E-state index contributed by atoms with van der Waals surface area (Å²) in [6, 6.07) is 6.06. The molecule has 0 radical (unpaired) electrons. The minimum atomic E-state index is 0. The zero-order valence-corrected chi connectivity index (χ0v) is 7.74. The summed E-state index contributed by atoms with van der Waals surface area (Å²) in [7, 11) is 0. The maximum absolute atomic E-state index is 5.70. The number of nitrogens with two attached hydrogens (primary N) is 1. The molecule has 0 aliphatic heterocycles. The van der Waals surface area contributed by atoms with Crippen LogP contribution in [0.4, 0.5) is 5.69 Å². The largest absolute Gasteiger partial charge is 0.399 e. The van der Waals surface area contributed by atoms with E-state index in [-0.39, 0.29) is 12.4 Å². The number of benzene rings is 1. The molecule has 1 aromatic carbocycles. The van der Waals surface area contributed by atoms with Gasteiger partial charge in [0.2, 0.25) is 0 Å². The average molecular weight is 172 g/mol. The van der Waals surface area contributed by atoms with Crippen molar-refractivity contribution in [1.29, 1.82) is 0 Å². The van der Waals surface area contributed by atoms with Gasteiger partial charge in [-0.3, -0.25) is 0 Å². The molecule has 0 heterocycles. The monoisotopic (exact) mass is 171 g/mol. The first-order valence-electron chi connectivity index (χ1n) is 3.59. The molecule has 0 amide bonds. The summed E-state index contributed by atoms with van der Waals surface area (Å²) < 4.78 is 0. The van der Waals surface area contributed by atoms with Gasteiger partial charge in [0.1, 0.15) is 0 Å². The van der Waals surface area contributed by atoms with Gasteiger partial charge in [0.05, 0.1) is 0 Å². The van der Waals surface area contributed by atoms with Gasteiger partial charge in [-0.25, -0.2) is 0 Å². The lowest BCUT2D eigenvalue weighted by Crippen LogP contribution is -1.93. The SMILES string of the molecule is CCc1cccc(N)c1C.Cl. The molecule has 0 saturated carbocycles. The van der Waals surface area contributed by atoms with Gasteiger partial charge in [-0.05, 0) is 30.5 Å². The molecule has 2 heteroatoms. The highest BCUT2D eigenvalue weighted by atomic mass is 35.5. The Morgan fingerprint density at radius 3 is 2.45 bits per heavy atom. The minimum absolute atomic E-state index is 0. The number of hydrogen-bond donors (Lipinski definition) is 1. The molecule has 0 aliphatic rings. The van der Waals surface area contributed by atoms with E-state index in [1.54, 1.807) is 0 Å². The Morgan fingerprint density at radius 2 is 2.00 bits per heavy atom. The number of halogens is 1. The number of rotatable bonds is 1. The predicted octanol–water partition coefficient (Wildman–Crippen LogP) is 2.56. The second-order valence-corrected chi connectivity index (χ2v) is 2.48. The fourth-order valence-corrected chi connectivity index (χ4v) is 1.09. The molecule has 2 N–H and O–H groups in total. The van der Waals surface area contributed by atoms with E-state index in [0.717, 1.165) is 12.1 Å². The van der Waals surface area contributed by atoms with Crippen molar-refractivity contribution in [3.63, 3.8) is 0 Å². The molecule has 1 aromatic rings. The van der Waals surface area contributed by atoms with Crippen LogP contribution in [0.2, 0.25) is 0 Å². The van der Waals surface area contributed by atoms with Crippen molar-refractivity contribution in [2.75, 3.05) is 5.73 Å². The topological polar surface area (TPSA) is 26.0 Å². The number of aryl methyl sites for hydroxylation is 1. The van der Waals surface area contributed by atoms with Crippen molar-refractivity contribution in [1.82, 2.24) is 0 Å². The molecular weight excluding hydrogens is 158 g/mol. The van der Waals surface area contributed by atoms with Crippen LogP contribution >= 0.6 is 12.4 Å². The Morgan fingerprint density at radius 1 is 1.36 bits per heavy atom. The number of nitrogen functional groups attached to an aromatic ring is 1. The van der Waals surface area contributed by atoms with E-state index in [1.807, 2.05) is 12.1 Å². The molecule has 1 nitrogen and oxygen atoms in total. The smallest absolute Gasteiger partial charge is 0.0346 e. The van der Waals surface area contributed by atoms with Crippen molar-refractivity contribution < 1.29 is 0 Å². The lowest BCUT2D eigenvalue weighted by Gasteiger charge is -2.04. The summed E-state index contributed by atoms with van der Waals surface area (Å²) in [4.78, 5) is 0. The van der Waals surface area contributed by atoms with E-state index < -0.39 is 0 Å². The quantitative estimate of drug-likeness (QED) is 0.646. The van der Waals surface area contributed by atoms with Crippen LogP contribution in [-0.4, -0.2) is 0 Å². The van der Waals surface area contributed by atoms with E-state index in [2.05, 4.69) is 19.9 Å². The first-order valence-corrected chi connectivity index (χ1v) is 3.59. The van der Waals surface area contributed by atoms with Gasteiger partial charge in [-0.2, -0.15) is 0 Å². The Labute approximate surface area is 74.0 Å². The van der Waals surface area contributed by atoms with Crippen LogP contribution in [0.3, 0.4) is 0 Å². The normalized spacial score (nSPS) is 8.91. The lowest BCUT2D eigenvalue weighted by atomic mass is 10.1. The summed E-state index contributed by atoms with van der Waals surface area (Å²) in [6.07, 6.45) is 1.07. The number of anilines is 1. The van der Waals surface area contributed by atoms with Crippen molar-refractivity contribution >= 4 is 18.1 Å². The van der Waals surface area contributed by atoms with Crippen LogP contribution in [0.15, 0.2) is 18.2 Å². The average Bonchev–Trinajstić information content (AvgIpc) is 1.95. The first-order chi connectivity index (χ1) is 4.75. The van der Waals surface area contributed by atoms with E-state index in [4.69, 9.17) is 5.73 Å². The summed E-state index contributed by atoms with van der Waals surface area (Å²) in [5.41, 5.74) is 9.17. The highest BCUT2D eigenvalue weighted by Crippen LogP contribution is 2.15. The molecule has 0 spiro atoms. The van der Waals surface area contributed by atoms with Gasteiger partial charge in [-0.15, -0.1) is 12.4 Å². The van der Waals surface area contributed by atoms with E-state index in [0.29, 0.717) is 0 Å². The van der Waals surface area contributed by atoms with E-state index in [9.17, 15) is 0 Å². The van der Waals surface area contributed by atoms with E-state index >= 15 is 0 Å². The van der Waals surface area contributed by atoms with Gasteiger partial charge in [0.15, 0.2) is 0 Å². The summed E-state index contributed by atoms with van der Waals surface area (Å²) in [5.74, 6) is 0. The van der Waals surface area contributed by atoms with Gasteiger partial charge >= 0.3 is 0 Å². The fourth-order valence-electron chi connectivity index (χ4n) is 1.09. The van der Waals surface area contributed by atoms with Crippen LogP contribution in [-0.2, 0) is 6.42 Å². The standard InChI is InChI=1S/C9H13N.ClH/c1-3-8-5-4-6-9(10)7(8)2;/h4-6H,3,10H2,1-2H3;1H. The molecule has 0 atom stereocenters. The maximum atomic E-state index is 5.70. The summed E-state index contributed by atoms with van der Waals surface area (Å²) in [5, 5.41) is 0. The highest BCUT2D eigenvalue weighted by molar-refractivity contribution is 5.85. The third kappa shape index (κ3) is 2.12. The predicted molar refractivity (Wildman–Crippen MR) is 52.2 cm³/mol. The summed E-state index contributed by atoms with van der Waals surface area (Å²) in [6.45, 7) is 4.20. The maximum Gasteiger partial charge on any atom is 0.0346 e. The third-order valence-corrected chi connectivity index (χ3v) is 1.87. The molecule has 0 fully saturated rings. The Bertz CT molecular complexity index is 233. The molecular formula is C9H14ClN. The zero-order valence-electron chi connectivity index (χ0n) is 6.92. The molecule has 11 heavy (non-hydrogen) atoms. The van der Waals surface area contributed by atoms with Crippen LogP contribution in [0.25, 0.3) is 0 Å². The molecule has 0 unspecified atom stereocenters. The Balaban J connectivity index is 0.000001000. The molecule has 0 saturated heterocycles. The van der Waals surface area contributed by atoms with Gasteiger partial charge in [0, 0.05) is 5.69 Å². The third-order valence-electron chi connectivity index (χ3n) is 1.87. The lowest BCUT2D eigenvalue weighted by molar-refractivity contribution is 1.11. The molecule has 1 rings (SSSR count). The van der Waals surface area contributed by atoms with Gasteiger partial charge in [0.25, 0.3) is 0 Å². The van der Waals surface area contributed by atoms with E-state index in [1.165, 1.54) is 11.1 Å².